The van der Waals surface area contributed by atoms with Gasteiger partial charge in [0.2, 0.25) is 0 Å². The zero-order valence-corrected chi connectivity index (χ0v) is 21.5. The first kappa shape index (κ1) is 23.2. The molecular weight excluding hydrogens is 400 g/mol. The van der Waals surface area contributed by atoms with Crippen LogP contribution in [0.3, 0.4) is 0 Å². The summed E-state index contributed by atoms with van der Waals surface area (Å²) >= 11 is 0. The molecular formula is C32H44O. The largest absolute Gasteiger partial charge is 0.393 e. The number of fused-ring (bicyclic) bond motifs is 4. The van der Waals surface area contributed by atoms with Crippen molar-refractivity contribution in [3.8, 4) is 0 Å². The molecule has 1 heteroatoms. The van der Waals surface area contributed by atoms with Crippen LogP contribution >= 0.6 is 0 Å². The van der Waals surface area contributed by atoms with Gasteiger partial charge in [-0.25, -0.2) is 0 Å². The maximum Gasteiger partial charge on any atom is 0.0594 e. The highest BCUT2D eigenvalue weighted by Crippen LogP contribution is 2.66. The second-order valence-electron chi connectivity index (χ2n) is 12.7. The molecule has 1 fully saturated rings. The summed E-state index contributed by atoms with van der Waals surface area (Å²) in [5.74, 6) is 2.05. The highest BCUT2D eigenvalue weighted by atomic mass is 16.3. The van der Waals surface area contributed by atoms with Gasteiger partial charge in [0.25, 0.3) is 0 Å². The summed E-state index contributed by atoms with van der Waals surface area (Å²) < 4.78 is 0. The van der Waals surface area contributed by atoms with E-state index in [0.29, 0.717) is 17.3 Å². The van der Waals surface area contributed by atoms with E-state index < -0.39 is 0 Å². The van der Waals surface area contributed by atoms with Crippen molar-refractivity contribution in [3.63, 3.8) is 0 Å². The molecule has 1 aromatic carbocycles. The Labute approximate surface area is 202 Å². The standard InChI is InChI=1S/C32H44O/c1-22(10-9-13-23-11-7-6-8-12-23)25-15-16-26-24-14-17-28-30(2,3)29(33)19-21-32(28,5)27(24)18-20-31(25,26)4/h6-9,11-13,16,22,25,28-29,33H,10,14-15,17-21H2,1-5H3/t22-,25-,28+,29?,31-,32-/m1/s1. The van der Waals surface area contributed by atoms with E-state index in [9.17, 15) is 5.11 Å². The molecule has 1 nitrogen and oxygen atoms in total. The normalized spacial score (nSPS) is 38.5. The lowest BCUT2D eigenvalue weighted by Crippen LogP contribution is -2.53. The lowest BCUT2D eigenvalue weighted by Gasteiger charge is -2.59. The molecule has 0 bridgehead atoms. The van der Waals surface area contributed by atoms with Crippen LogP contribution < -0.4 is 0 Å². The van der Waals surface area contributed by atoms with Gasteiger partial charge in [0.1, 0.15) is 0 Å². The van der Waals surface area contributed by atoms with Crippen molar-refractivity contribution in [1.82, 2.24) is 0 Å². The van der Waals surface area contributed by atoms with Gasteiger partial charge < -0.3 is 5.11 Å². The summed E-state index contributed by atoms with van der Waals surface area (Å²) in [5, 5.41) is 10.8. The molecule has 0 spiro atoms. The summed E-state index contributed by atoms with van der Waals surface area (Å²) in [4.78, 5) is 0. The third kappa shape index (κ3) is 3.61. The minimum atomic E-state index is -0.147. The smallest absolute Gasteiger partial charge is 0.0594 e. The van der Waals surface area contributed by atoms with E-state index in [0.717, 1.165) is 25.2 Å². The maximum absolute atomic E-state index is 10.8. The fourth-order valence-corrected chi connectivity index (χ4v) is 8.72. The van der Waals surface area contributed by atoms with Crippen molar-refractivity contribution >= 4 is 6.08 Å². The number of aliphatic hydroxyl groups is 1. The summed E-state index contributed by atoms with van der Waals surface area (Å²) in [5.41, 5.74) is 7.18. The summed E-state index contributed by atoms with van der Waals surface area (Å²) in [6, 6.07) is 10.7. The molecule has 0 aliphatic heterocycles. The molecule has 0 amide bonds. The fourth-order valence-electron chi connectivity index (χ4n) is 8.72. The minimum Gasteiger partial charge on any atom is -0.393 e. The van der Waals surface area contributed by atoms with E-state index in [-0.39, 0.29) is 16.9 Å². The number of allylic oxidation sites excluding steroid dienone is 5. The first-order valence-electron chi connectivity index (χ1n) is 13.5. The SMILES string of the molecule is C[C@H](CC=Cc1ccccc1)[C@H]1CC=C2C3=C(CC[C@@]21C)[C@@]1(C)CCC(O)C(C)(C)[C@@H]1CC3. The van der Waals surface area contributed by atoms with Gasteiger partial charge in [-0.2, -0.15) is 0 Å². The van der Waals surface area contributed by atoms with E-state index in [1.165, 1.54) is 37.7 Å². The van der Waals surface area contributed by atoms with Gasteiger partial charge in [-0.3, -0.25) is 0 Å². The van der Waals surface area contributed by atoms with Crippen molar-refractivity contribution < 1.29 is 5.11 Å². The van der Waals surface area contributed by atoms with Crippen LogP contribution in [0.2, 0.25) is 0 Å². The molecule has 1 aromatic rings. The van der Waals surface area contributed by atoms with Crippen LogP contribution in [-0.2, 0) is 0 Å². The Kier molecular flexibility index (Phi) is 5.80. The predicted molar refractivity (Wildman–Crippen MR) is 140 cm³/mol. The van der Waals surface area contributed by atoms with Gasteiger partial charge in [-0.05, 0) is 102 Å². The fraction of sp³-hybridized carbons (Fsp3) is 0.625. The molecule has 4 aliphatic rings. The summed E-state index contributed by atoms with van der Waals surface area (Å²) in [6.07, 6.45) is 16.8. The molecule has 6 atom stereocenters. The average Bonchev–Trinajstić information content (AvgIpc) is 3.15. The minimum absolute atomic E-state index is 0.0263. The summed E-state index contributed by atoms with van der Waals surface area (Å²) in [7, 11) is 0. The number of hydrogen-bond donors (Lipinski definition) is 1. The third-order valence-electron chi connectivity index (χ3n) is 10.7. The monoisotopic (exact) mass is 444 g/mol. The van der Waals surface area contributed by atoms with Gasteiger partial charge >= 0.3 is 0 Å². The number of hydrogen-bond acceptors (Lipinski definition) is 1. The third-order valence-corrected chi connectivity index (χ3v) is 10.7. The number of rotatable bonds is 4. The van der Waals surface area contributed by atoms with E-state index in [1.807, 2.05) is 0 Å². The molecule has 1 saturated carbocycles. The Balaban J connectivity index is 1.37. The van der Waals surface area contributed by atoms with Crippen LogP contribution in [0.5, 0.6) is 0 Å². The zero-order valence-electron chi connectivity index (χ0n) is 21.5. The molecule has 1 N–H and O–H groups in total. The van der Waals surface area contributed by atoms with Crippen molar-refractivity contribution in [2.24, 2.45) is 34.0 Å². The molecule has 0 heterocycles. The van der Waals surface area contributed by atoms with Gasteiger partial charge in [0.15, 0.2) is 0 Å². The average molecular weight is 445 g/mol. The Hall–Kier alpha value is -1.60. The van der Waals surface area contributed by atoms with Crippen LogP contribution in [0.25, 0.3) is 6.08 Å². The Morgan fingerprint density at radius 2 is 1.76 bits per heavy atom. The molecule has 1 unspecified atom stereocenters. The van der Waals surface area contributed by atoms with Gasteiger partial charge in [-0.1, -0.05) is 88.8 Å². The number of aliphatic hydroxyl groups excluding tert-OH is 1. The molecule has 178 valence electrons. The van der Waals surface area contributed by atoms with Crippen LogP contribution in [0, 0.1) is 34.0 Å². The zero-order chi connectivity index (χ0) is 23.4. The first-order valence-corrected chi connectivity index (χ1v) is 13.5. The van der Waals surface area contributed by atoms with Crippen molar-refractivity contribution in [3.05, 3.63) is 64.8 Å². The predicted octanol–water partition coefficient (Wildman–Crippen LogP) is 8.37. The van der Waals surface area contributed by atoms with E-state index >= 15 is 0 Å². The van der Waals surface area contributed by atoms with E-state index in [1.54, 1.807) is 16.7 Å². The van der Waals surface area contributed by atoms with Crippen LogP contribution in [-0.4, -0.2) is 11.2 Å². The van der Waals surface area contributed by atoms with Gasteiger partial charge in [-0.15, -0.1) is 0 Å². The molecule has 33 heavy (non-hydrogen) atoms. The van der Waals surface area contributed by atoms with Gasteiger partial charge in [0, 0.05) is 0 Å². The highest BCUT2D eigenvalue weighted by Gasteiger charge is 2.57. The molecule has 5 rings (SSSR count). The highest BCUT2D eigenvalue weighted by molar-refractivity contribution is 5.50. The van der Waals surface area contributed by atoms with Crippen LogP contribution in [0.4, 0.5) is 0 Å². The van der Waals surface area contributed by atoms with E-state index in [2.05, 4.69) is 83.2 Å². The second-order valence-corrected chi connectivity index (χ2v) is 12.7. The Morgan fingerprint density at radius 3 is 2.52 bits per heavy atom. The molecule has 0 saturated heterocycles. The molecule has 0 radical (unpaired) electrons. The lowest BCUT2D eigenvalue weighted by molar-refractivity contribution is -0.0905. The van der Waals surface area contributed by atoms with Crippen molar-refractivity contribution in [2.75, 3.05) is 0 Å². The number of benzene rings is 1. The van der Waals surface area contributed by atoms with Crippen LogP contribution in [0.15, 0.2) is 59.2 Å². The van der Waals surface area contributed by atoms with E-state index in [4.69, 9.17) is 0 Å². The summed E-state index contributed by atoms with van der Waals surface area (Å²) in [6.45, 7) is 12.3. The topological polar surface area (TPSA) is 20.2 Å². The quantitative estimate of drug-likeness (QED) is 0.494. The molecule has 4 aliphatic carbocycles. The van der Waals surface area contributed by atoms with Crippen molar-refractivity contribution in [2.45, 2.75) is 92.1 Å². The Morgan fingerprint density at radius 1 is 1.00 bits per heavy atom. The first-order chi connectivity index (χ1) is 15.7. The van der Waals surface area contributed by atoms with Gasteiger partial charge in [0.05, 0.1) is 6.10 Å². The van der Waals surface area contributed by atoms with Crippen LogP contribution in [0.1, 0.15) is 91.5 Å². The van der Waals surface area contributed by atoms with Crippen molar-refractivity contribution in [1.29, 1.82) is 0 Å². The lowest BCUT2D eigenvalue weighted by atomic mass is 9.46. The Bertz CT molecular complexity index is 979. The second kappa shape index (κ2) is 8.26. The maximum atomic E-state index is 10.8. The molecule has 0 aromatic heterocycles.